The zero-order valence-electron chi connectivity index (χ0n) is 17.7. The van der Waals surface area contributed by atoms with Gasteiger partial charge in [-0.2, -0.15) is 0 Å². The SMILES string of the molecule is C=CCn1c(SCC(=O)c2ccc(OC)cc2)nnc1C(C)NC(=O)c1ccccc1F. The first-order valence-electron chi connectivity index (χ1n) is 9.84. The number of carbonyl (C=O) groups excluding carboxylic acids is 2. The molecule has 0 radical (unpaired) electrons. The third-order valence-electron chi connectivity index (χ3n) is 4.65. The van der Waals surface area contributed by atoms with Crippen LogP contribution in [0, 0.1) is 5.82 Å². The number of benzene rings is 2. The number of Topliss-reactive ketones (excluding diaryl/α,β-unsaturated/α-hetero) is 1. The Morgan fingerprint density at radius 2 is 1.94 bits per heavy atom. The van der Waals surface area contributed by atoms with Gasteiger partial charge in [0, 0.05) is 12.1 Å². The first kappa shape index (κ1) is 23.2. The van der Waals surface area contributed by atoms with Crippen LogP contribution < -0.4 is 10.1 Å². The van der Waals surface area contributed by atoms with Crippen LogP contribution in [0.2, 0.25) is 0 Å². The lowest BCUT2D eigenvalue weighted by Gasteiger charge is -2.15. The molecule has 1 atom stereocenters. The number of rotatable bonds is 10. The Hall–Kier alpha value is -3.46. The van der Waals surface area contributed by atoms with Gasteiger partial charge in [0.15, 0.2) is 16.8 Å². The Kier molecular flexibility index (Phi) is 7.77. The summed E-state index contributed by atoms with van der Waals surface area (Å²) < 4.78 is 20.8. The number of hydrogen-bond acceptors (Lipinski definition) is 6. The lowest BCUT2D eigenvalue weighted by atomic mass is 10.1. The summed E-state index contributed by atoms with van der Waals surface area (Å²) in [6.07, 6.45) is 1.67. The molecule has 1 amide bonds. The Morgan fingerprint density at radius 1 is 1.22 bits per heavy atom. The van der Waals surface area contributed by atoms with Crippen molar-refractivity contribution in [2.24, 2.45) is 0 Å². The Morgan fingerprint density at radius 3 is 2.59 bits per heavy atom. The third kappa shape index (κ3) is 5.42. The number of carbonyl (C=O) groups is 2. The van der Waals surface area contributed by atoms with E-state index in [0.717, 1.165) is 0 Å². The van der Waals surface area contributed by atoms with Crippen LogP contribution in [0.4, 0.5) is 4.39 Å². The zero-order valence-corrected chi connectivity index (χ0v) is 18.6. The lowest BCUT2D eigenvalue weighted by Crippen LogP contribution is -2.29. The van der Waals surface area contributed by atoms with Crippen molar-refractivity contribution >= 4 is 23.5 Å². The molecule has 1 N–H and O–H groups in total. The van der Waals surface area contributed by atoms with Gasteiger partial charge in [-0.05, 0) is 43.3 Å². The topological polar surface area (TPSA) is 86.1 Å². The van der Waals surface area contributed by atoms with E-state index in [9.17, 15) is 14.0 Å². The van der Waals surface area contributed by atoms with E-state index in [1.165, 1.54) is 30.0 Å². The molecule has 0 aliphatic carbocycles. The molecular weight excluding hydrogens is 431 g/mol. The molecule has 1 heterocycles. The highest BCUT2D eigenvalue weighted by molar-refractivity contribution is 7.99. The van der Waals surface area contributed by atoms with E-state index in [1.807, 2.05) is 0 Å². The standard InChI is InChI=1S/C23H23FN4O3S/c1-4-13-28-21(15(2)25-22(30)18-7-5-6-8-19(18)24)26-27-23(28)32-14-20(29)16-9-11-17(31-3)12-10-16/h4-12,15H,1,13-14H2,2-3H3,(H,25,30). The molecule has 2 aromatic carbocycles. The van der Waals surface area contributed by atoms with Gasteiger partial charge < -0.3 is 14.6 Å². The van der Waals surface area contributed by atoms with E-state index >= 15 is 0 Å². The smallest absolute Gasteiger partial charge is 0.254 e. The molecule has 3 rings (SSSR count). The molecular formula is C23H23FN4O3S. The van der Waals surface area contributed by atoms with Gasteiger partial charge in [-0.3, -0.25) is 9.59 Å². The fourth-order valence-corrected chi connectivity index (χ4v) is 3.85. The molecule has 7 nitrogen and oxygen atoms in total. The number of methoxy groups -OCH3 is 1. The van der Waals surface area contributed by atoms with Crippen LogP contribution in [0.15, 0.2) is 66.3 Å². The Bertz CT molecular complexity index is 1110. The van der Waals surface area contributed by atoms with Gasteiger partial charge in [0.2, 0.25) is 0 Å². The third-order valence-corrected chi connectivity index (χ3v) is 5.62. The maximum absolute atomic E-state index is 13.9. The molecule has 166 valence electrons. The molecule has 0 aliphatic heterocycles. The van der Waals surface area contributed by atoms with Crippen molar-refractivity contribution in [3.05, 3.63) is 84.0 Å². The second kappa shape index (κ2) is 10.7. The van der Waals surface area contributed by atoms with Crippen LogP contribution in [-0.4, -0.2) is 39.3 Å². The number of aromatic nitrogens is 3. The average Bonchev–Trinajstić information content (AvgIpc) is 3.20. The highest BCUT2D eigenvalue weighted by Crippen LogP contribution is 2.23. The van der Waals surface area contributed by atoms with Crippen LogP contribution in [0.3, 0.4) is 0 Å². The molecule has 32 heavy (non-hydrogen) atoms. The molecule has 9 heteroatoms. The van der Waals surface area contributed by atoms with Crippen molar-refractivity contribution in [3.8, 4) is 5.75 Å². The molecule has 0 saturated heterocycles. The summed E-state index contributed by atoms with van der Waals surface area (Å²) in [5, 5.41) is 11.6. The van der Waals surface area contributed by atoms with Gasteiger partial charge in [-0.1, -0.05) is 30.0 Å². The van der Waals surface area contributed by atoms with Crippen LogP contribution in [-0.2, 0) is 6.54 Å². The van der Waals surface area contributed by atoms with E-state index in [1.54, 1.807) is 55.0 Å². The van der Waals surface area contributed by atoms with Crippen molar-refractivity contribution in [2.45, 2.75) is 24.7 Å². The van der Waals surface area contributed by atoms with E-state index < -0.39 is 17.8 Å². The molecule has 0 fully saturated rings. The van der Waals surface area contributed by atoms with E-state index in [0.29, 0.717) is 28.8 Å². The number of ketones is 1. The maximum Gasteiger partial charge on any atom is 0.254 e. The summed E-state index contributed by atoms with van der Waals surface area (Å²) in [7, 11) is 1.57. The van der Waals surface area contributed by atoms with Crippen LogP contribution in [0.25, 0.3) is 0 Å². The summed E-state index contributed by atoms with van der Waals surface area (Å²) in [6, 6.07) is 12.1. The summed E-state index contributed by atoms with van der Waals surface area (Å²) in [5.74, 6) is 0.112. The molecule has 1 unspecified atom stereocenters. The fraction of sp³-hybridized carbons (Fsp3) is 0.217. The average molecular weight is 455 g/mol. The summed E-state index contributed by atoms with van der Waals surface area (Å²) >= 11 is 1.24. The molecule has 3 aromatic rings. The van der Waals surface area contributed by atoms with Gasteiger partial charge in [0.05, 0.1) is 24.5 Å². The predicted molar refractivity (Wildman–Crippen MR) is 121 cm³/mol. The number of ether oxygens (including phenoxy) is 1. The molecule has 0 spiro atoms. The second-order valence-corrected chi connectivity index (χ2v) is 7.80. The van der Waals surface area contributed by atoms with Crippen molar-refractivity contribution in [2.75, 3.05) is 12.9 Å². The Labute approximate surface area is 189 Å². The van der Waals surface area contributed by atoms with Gasteiger partial charge in [-0.15, -0.1) is 16.8 Å². The van der Waals surface area contributed by atoms with Crippen LogP contribution in [0.5, 0.6) is 5.75 Å². The van der Waals surface area contributed by atoms with Gasteiger partial charge in [-0.25, -0.2) is 4.39 Å². The Balaban J connectivity index is 1.71. The highest BCUT2D eigenvalue weighted by atomic mass is 32.2. The highest BCUT2D eigenvalue weighted by Gasteiger charge is 2.21. The number of nitrogens with one attached hydrogen (secondary N) is 1. The zero-order chi connectivity index (χ0) is 23.1. The van der Waals surface area contributed by atoms with Crippen molar-refractivity contribution in [3.63, 3.8) is 0 Å². The van der Waals surface area contributed by atoms with Gasteiger partial charge in [0.1, 0.15) is 11.6 Å². The first-order chi connectivity index (χ1) is 15.4. The van der Waals surface area contributed by atoms with Crippen LogP contribution in [0.1, 0.15) is 39.5 Å². The van der Waals surface area contributed by atoms with Crippen molar-refractivity contribution in [1.82, 2.24) is 20.1 Å². The van der Waals surface area contributed by atoms with Gasteiger partial charge in [0.25, 0.3) is 5.91 Å². The molecule has 0 aliphatic rings. The number of thioether (sulfide) groups is 1. The number of hydrogen-bond donors (Lipinski definition) is 1. The molecule has 1 aromatic heterocycles. The van der Waals surface area contributed by atoms with E-state index in [2.05, 4.69) is 22.1 Å². The predicted octanol–water partition coefficient (Wildman–Crippen LogP) is 4.08. The number of nitrogens with zero attached hydrogens (tertiary/aromatic N) is 3. The minimum absolute atomic E-state index is 0.0474. The quantitative estimate of drug-likeness (QED) is 0.282. The molecule has 0 saturated carbocycles. The van der Waals surface area contributed by atoms with E-state index in [-0.39, 0.29) is 17.1 Å². The minimum Gasteiger partial charge on any atom is -0.497 e. The summed E-state index contributed by atoms with van der Waals surface area (Å²) in [6.45, 7) is 5.88. The second-order valence-electron chi connectivity index (χ2n) is 6.86. The van der Waals surface area contributed by atoms with E-state index in [4.69, 9.17) is 4.74 Å². The maximum atomic E-state index is 13.9. The largest absolute Gasteiger partial charge is 0.497 e. The van der Waals surface area contributed by atoms with Crippen molar-refractivity contribution < 1.29 is 18.7 Å². The number of halogens is 1. The first-order valence-corrected chi connectivity index (χ1v) is 10.8. The monoisotopic (exact) mass is 454 g/mol. The number of allylic oxidation sites excluding steroid dienone is 1. The van der Waals surface area contributed by atoms with Gasteiger partial charge >= 0.3 is 0 Å². The fourth-order valence-electron chi connectivity index (χ4n) is 3.00. The normalized spacial score (nSPS) is 11.6. The molecule has 0 bridgehead atoms. The summed E-state index contributed by atoms with van der Waals surface area (Å²) in [4.78, 5) is 25.0. The summed E-state index contributed by atoms with van der Waals surface area (Å²) in [5.41, 5.74) is 0.521. The van der Waals surface area contributed by atoms with Crippen LogP contribution >= 0.6 is 11.8 Å². The van der Waals surface area contributed by atoms with Crippen molar-refractivity contribution in [1.29, 1.82) is 0 Å². The minimum atomic E-state index is -0.599. The lowest BCUT2D eigenvalue weighted by molar-refractivity contribution is 0.0932. The number of amides is 1.